The second kappa shape index (κ2) is 5.76. The van der Waals surface area contributed by atoms with Gasteiger partial charge in [-0.25, -0.2) is 13.8 Å². The lowest BCUT2D eigenvalue weighted by Gasteiger charge is -2.08. The summed E-state index contributed by atoms with van der Waals surface area (Å²) in [5.74, 6) is -1.10. The molecular weight excluding hydrogens is 316 g/mol. The van der Waals surface area contributed by atoms with Crippen molar-refractivity contribution in [3.05, 3.63) is 57.8 Å². The first-order chi connectivity index (χ1) is 9.10. The smallest absolute Gasteiger partial charge is 0.147 e. The first kappa shape index (κ1) is 13.4. The molecule has 1 aromatic carbocycles. The molecular formula is C13H8BrF2N3. The Labute approximate surface area is 117 Å². The number of rotatable bonds is 3. The number of halogens is 3. The van der Waals surface area contributed by atoms with Gasteiger partial charge in [-0.05, 0) is 39.7 Å². The van der Waals surface area contributed by atoms with E-state index in [4.69, 9.17) is 5.26 Å². The zero-order valence-corrected chi connectivity index (χ0v) is 11.2. The van der Waals surface area contributed by atoms with Crippen LogP contribution in [0.1, 0.15) is 11.3 Å². The fraction of sp³-hybridized carbons (Fsp3) is 0.0769. The third-order valence-electron chi connectivity index (χ3n) is 2.43. The SMILES string of the molecule is N#Cc1cc(CNc2cc(F)c(Br)cc2F)ccn1. The van der Waals surface area contributed by atoms with Crippen LogP contribution >= 0.6 is 15.9 Å². The number of hydrogen-bond acceptors (Lipinski definition) is 3. The number of hydrogen-bond donors (Lipinski definition) is 1. The minimum Gasteiger partial charge on any atom is -0.379 e. The van der Waals surface area contributed by atoms with Crippen LogP contribution in [0.15, 0.2) is 34.9 Å². The Morgan fingerprint density at radius 2 is 2.05 bits per heavy atom. The van der Waals surface area contributed by atoms with Gasteiger partial charge in [0.1, 0.15) is 23.4 Å². The Balaban J connectivity index is 2.14. The summed E-state index contributed by atoms with van der Waals surface area (Å²) in [6.07, 6.45) is 1.49. The number of pyridine rings is 1. The van der Waals surface area contributed by atoms with Gasteiger partial charge in [-0.1, -0.05) is 0 Å². The van der Waals surface area contributed by atoms with E-state index in [9.17, 15) is 8.78 Å². The first-order valence-electron chi connectivity index (χ1n) is 5.33. The van der Waals surface area contributed by atoms with Crippen molar-refractivity contribution < 1.29 is 8.78 Å². The summed E-state index contributed by atoms with van der Waals surface area (Å²) in [5, 5.41) is 11.5. The van der Waals surface area contributed by atoms with Crippen LogP contribution in [0, 0.1) is 23.0 Å². The van der Waals surface area contributed by atoms with E-state index in [0.29, 0.717) is 0 Å². The summed E-state index contributed by atoms with van der Waals surface area (Å²) in [6.45, 7) is 0.273. The number of nitrogens with one attached hydrogen (secondary N) is 1. The fourth-order valence-electron chi connectivity index (χ4n) is 1.50. The van der Waals surface area contributed by atoms with Crippen LogP contribution in [0.5, 0.6) is 0 Å². The molecule has 0 bridgehead atoms. The number of anilines is 1. The summed E-state index contributed by atoms with van der Waals surface area (Å²) in [7, 11) is 0. The van der Waals surface area contributed by atoms with E-state index in [1.165, 1.54) is 6.20 Å². The standard InChI is InChI=1S/C13H8BrF2N3/c14-10-4-12(16)13(5-11(10)15)19-7-8-1-2-18-9(3-8)6-17/h1-5,19H,7H2. The molecule has 0 spiro atoms. The van der Waals surface area contributed by atoms with Crippen molar-refractivity contribution in [1.29, 1.82) is 5.26 Å². The number of benzene rings is 1. The Bertz CT molecular complexity index is 653. The van der Waals surface area contributed by atoms with Gasteiger partial charge in [0.05, 0.1) is 10.2 Å². The molecule has 0 saturated carbocycles. The van der Waals surface area contributed by atoms with Gasteiger partial charge in [-0.3, -0.25) is 0 Å². The van der Waals surface area contributed by atoms with Gasteiger partial charge in [0.25, 0.3) is 0 Å². The van der Waals surface area contributed by atoms with Gasteiger partial charge >= 0.3 is 0 Å². The molecule has 19 heavy (non-hydrogen) atoms. The zero-order chi connectivity index (χ0) is 13.8. The third-order valence-corrected chi connectivity index (χ3v) is 3.04. The summed E-state index contributed by atoms with van der Waals surface area (Å²) >= 11 is 2.91. The van der Waals surface area contributed by atoms with Crippen LogP contribution in [0.25, 0.3) is 0 Å². The highest BCUT2D eigenvalue weighted by molar-refractivity contribution is 9.10. The van der Waals surface area contributed by atoms with E-state index in [1.54, 1.807) is 12.1 Å². The van der Waals surface area contributed by atoms with Gasteiger partial charge in [-0.15, -0.1) is 0 Å². The summed E-state index contributed by atoms with van der Waals surface area (Å²) < 4.78 is 26.9. The molecule has 0 atom stereocenters. The van der Waals surface area contributed by atoms with Crippen molar-refractivity contribution in [1.82, 2.24) is 4.98 Å². The van der Waals surface area contributed by atoms with Gasteiger partial charge < -0.3 is 5.32 Å². The molecule has 2 aromatic rings. The van der Waals surface area contributed by atoms with Crippen molar-refractivity contribution in [3.8, 4) is 6.07 Å². The molecule has 0 radical (unpaired) electrons. The minimum absolute atomic E-state index is 0.0658. The first-order valence-corrected chi connectivity index (χ1v) is 6.13. The Kier molecular flexibility index (Phi) is 4.07. The highest BCUT2D eigenvalue weighted by Crippen LogP contribution is 2.23. The average Bonchev–Trinajstić information content (AvgIpc) is 2.41. The van der Waals surface area contributed by atoms with Gasteiger partial charge in [-0.2, -0.15) is 5.26 Å². The molecule has 0 saturated heterocycles. The normalized spacial score (nSPS) is 10.0. The van der Waals surface area contributed by atoms with E-state index >= 15 is 0 Å². The number of aromatic nitrogens is 1. The molecule has 0 aliphatic carbocycles. The number of nitriles is 1. The molecule has 96 valence electrons. The predicted octanol–water partition coefficient (Wildman–Crippen LogP) is 3.61. The van der Waals surface area contributed by atoms with Crippen molar-refractivity contribution in [2.45, 2.75) is 6.54 Å². The second-order valence-electron chi connectivity index (χ2n) is 3.76. The van der Waals surface area contributed by atoms with E-state index < -0.39 is 11.6 Å². The van der Waals surface area contributed by atoms with Gasteiger partial charge in [0.2, 0.25) is 0 Å². The quantitative estimate of drug-likeness (QED) is 0.878. The molecule has 0 fully saturated rings. The van der Waals surface area contributed by atoms with Crippen LogP contribution < -0.4 is 5.32 Å². The highest BCUT2D eigenvalue weighted by Gasteiger charge is 2.08. The molecule has 3 nitrogen and oxygen atoms in total. The van der Waals surface area contributed by atoms with E-state index in [2.05, 4.69) is 26.2 Å². The van der Waals surface area contributed by atoms with Crippen molar-refractivity contribution >= 4 is 21.6 Å². The van der Waals surface area contributed by atoms with E-state index in [0.717, 1.165) is 17.7 Å². The van der Waals surface area contributed by atoms with Gasteiger partial charge in [0.15, 0.2) is 0 Å². The molecule has 0 unspecified atom stereocenters. The maximum atomic E-state index is 13.6. The van der Waals surface area contributed by atoms with E-state index in [1.807, 2.05) is 6.07 Å². The Morgan fingerprint density at radius 3 is 2.79 bits per heavy atom. The topological polar surface area (TPSA) is 48.7 Å². The lowest BCUT2D eigenvalue weighted by Crippen LogP contribution is -2.03. The monoisotopic (exact) mass is 323 g/mol. The molecule has 0 aliphatic rings. The van der Waals surface area contributed by atoms with Crippen LogP contribution in [0.3, 0.4) is 0 Å². The molecule has 1 heterocycles. The molecule has 0 amide bonds. The van der Waals surface area contributed by atoms with Crippen molar-refractivity contribution in [2.75, 3.05) is 5.32 Å². The average molecular weight is 324 g/mol. The van der Waals surface area contributed by atoms with Crippen molar-refractivity contribution in [3.63, 3.8) is 0 Å². The van der Waals surface area contributed by atoms with Crippen LogP contribution in [0.2, 0.25) is 0 Å². The van der Waals surface area contributed by atoms with Crippen LogP contribution in [-0.2, 0) is 6.54 Å². The summed E-state index contributed by atoms with van der Waals surface area (Å²) in [6, 6.07) is 7.33. The van der Waals surface area contributed by atoms with Crippen LogP contribution in [0.4, 0.5) is 14.5 Å². The van der Waals surface area contributed by atoms with Crippen molar-refractivity contribution in [2.24, 2.45) is 0 Å². The third kappa shape index (κ3) is 3.26. The maximum absolute atomic E-state index is 13.6. The highest BCUT2D eigenvalue weighted by atomic mass is 79.9. The Hall–Kier alpha value is -2.00. The molecule has 2 rings (SSSR count). The second-order valence-corrected chi connectivity index (χ2v) is 4.62. The fourth-order valence-corrected chi connectivity index (χ4v) is 1.82. The van der Waals surface area contributed by atoms with Crippen LogP contribution in [-0.4, -0.2) is 4.98 Å². The number of nitrogens with zero attached hydrogens (tertiary/aromatic N) is 2. The molecule has 1 aromatic heterocycles. The maximum Gasteiger partial charge on any atom is 0.147 e. The summed E-state index contributed by atoms with van der Waals surface area (Å²) in [4.78, 5) is 3.83. The minimum atomic E-state index is -0.553. The largest absolute Gasteiger partial charge is 0.379 e. The molecule has 0 aliphatic heterocycles. The predicted molar refractivity (Wildman–Crippen MR) is 70.3 cm³/mol. The van der Waals surface area contributed by atoms with Gasteiger partial charge in [0, 0.05) is 18.8 Å². The lowest BCUT2D eigenvalue weighted by atomic mass is 10.2. The molecule has 6 heteroatoms. The Morgan fingerprint density at radius 1 is 1.26 bits per heavy atom. The molecule has 1 N–H and O–H groups in total. The zero-order valence-electron chi connectivity index (χ0n) is 9.62. The summed E-state index contributed by atoms with van der Waals surface area (Å²) in [5.41, 5.74) is 1.10. The lowest BCUT2D eigenvalue weighted by molar-refractivity contribution is 0.596. The van der Waals surface area contributed by atoms with E-state index in [-0.39, 0.29) is 22.4 Å².